The molecule has 2 heterocycles. The highest BCUT2D eigenvalue weighted by Crippen LogP contribution is 2.35. The number of halogens is 1. The van der Waals surface area contributed by atoms with Crippen LogP contribution in [0.15, 0.2) is 70.5 Å². The summed E-state index contributed by atoms with van der Waals surface area (Å²) in [5.74, 6) is 0.679. The predicted octanol–water partition coefficient (Wildman–Crippen LogP) is 5.32. The number of hydrogen-bond acceptors (Lipinski definition) is 4. The molecule has 170 valence electrons. The van der Waals surface area contributed by atoms with E-state index in [-0.39, 0.29) is 30.4 Å². The molecule has 1 aromatic heterocycles. The van der Waals surface area contributed by atoms with Gasteiger partial charge in [-0.25, -0.2) is 0 Å². The van der Waals surface area contributed by atoms with E-state index in [0.717, 1.165) is 35.0 Å². The van der Waals surface area contributed by atoms with Crippen LogP contribution in [0.3, 0.4) is 0 Å². The molecule has 7 heteroatoms. The van der Waals surface area contributed by atoms with Crippen molar-refractivity contribution in [3.05, 3.63) is 86.5 Å². The molecule has 5 nitrogen and oxygen atoms in total. The number of benzene rings is 2. The van der Waals surface area contributed by atoms with Gasteiger partial charge >= 0.3 is 0 Å². The van der Waals surface area contributed by atoms with Crippen molar-refractivity contribution in [2.75, 3.05) is 19.7 Å². The van der Waals surface area contributed by atoms with Crippen LogP contribution in [0.2, 0.25) is 0 Å². The Morgan fingerprint density at radius 1 is 1.09 bits per heavy atom. The highest BCUT2D eigenvalue weighted by Gasteiger charge is 2.38. The molecule has 1 unspecified atom stereocenters. The van der Waals surface area contributed by atoms with Crippen LogP contribution in [0.5, 0.6) is 5.75 Å². The van der Waals surface area contributed by atoms with Crippen LogP contribution in [0.1, 0.15) is 39.7 Å². The molecule has 2 aromatic carbocycles. The summed E-state index contributed by atoms with van der Waals surface area (Å²) < 4.78 is 6.93. The Labute approximate surface area is 206 Å². The number of nitrogens with zero attached hydrogens (tertiary/aromatic N) is 2. The maximum atomic E-state index is 13.6. The van der Waals surface area contributed by atoms with E-state index < -0.39 is 0 Å². The third-order valence-electron chi connectivity index (χ3n) is 6.19. The second-order valence-corrected chi connectivity index (χ2v) is 10.4. The minimum Gasteiger partial charge on any atom is -0.491 e. The summed E-state index contributed by atoms with van der Waals surface area (Å²) in [5, 5.41) is 2.08. The Hall–Kier alpha value is -2.64. The monoisotopic (exact) mass is 524 g/mol. The molecule has 3 aromatic rings. The molecule has 0 spiro atoms. The van der Waals surface area contributed by atoms with Crippen molar-refractivity contribution in [2.24, 2.45) is 0 Å². The summed E-state index contributed by atoms with van der Waals surface area (Å²) in [6, 6.07) is 19.1. The van der Waals surface area contributed by atoms with Crippen molar-refractivity contribution < 1.29 is 14.3 Å². The number of carbonyl (C=O) groups is 2. The number of amides is 2. The molecule has 2 amide bonds. The zero-order valence-corrected chi connectivity index (χ0v) is 20.6. The first-order chi connectivity index (χ1) is 16.1. The van der Waals surface area contributed by atoms with Crippen LogP contribution >= 0.6 is 27.3 Å². The Morgan fingerprint density at radius 2 is 1.91 bits per heavy atom. The highest BCUT2D eigenvalue weighted by molar-refractivity contribution is 9.10. The second kappa shape index (κ2) is 9.69. The lowest BCUT2D eigenvalue weighted by Crippen LogP contribution is -2.48. The van der Waals surface area contributed by atoms with E-state index in [4.69, 9.17) is 4.74 Å². The van der Waals surface area contributed by atoms with Crippen molar-refractivity contribution in [1.82, 2.24) is 9.80 Å². The van der Waals surface area contributed by atoms with Crippen molar-refractivity contribution in [2.45, 2.75) is 31.3 Å². The lowest BCUT2D eigenvalue weighted by atomic mass is 10.0. The Morgan fingerprint density at radius 3 is 2.67 bits per heavy atom. The van der Waals surface area contributed by atoms with Gasteiger partial charge in [0.05, 0.1) is 6.04 Å². The molecule has 5 rings (SSSR count). The van der Waals surface area contributed by atoms with Gasteiger partial charge in [0.1, 0.15) is 18.9 Å². The van der Waals surface area contributed by atoms with Gasteiger partial charge in [0.25, 0.3) is 5.91 Å². The van der Waals surface area contributed by atoms with E-state index in [1.165, 1.54) is 4.88 Å². The first kappa shape index (κ1) is 22.2. The fourth-order valence-corrected chi connectivity index (χ4v) is 5.67. The number of fused-ring (bicyclic) bond motifs is 1. The zero-order valence-electron chi connectivity index (χ0n) is 18.2. The molecule has 1 aliphatic heterocycles. The minimum absolute atomic E-state index is 0.0243. The van der Waals surface area contributed by atoms with E-state index in [0.29, 0.717) is 18.7 Å². The maximum Gasteiger partial charge on any atom is 0.254 e. The third kappa shape index (κ3) is 4.99. The number of para-hydroxylation sites is 1. The van der Waals surface area contributed by atoms with Crippen molar-refractivity contribution in [3.63, 3.8) is 0 Å². The average Bonchev–Trinajstić information content (AvgIpc) is 3.56. The molecular weight excluding hydrogens is 500 g/mol. The largest absolute Gasteiger partial charge is 0.491 e. The molecule has 0 bridgehead atoms. The lowest BCUT2D eigenvalue weighted by Gasteiger charge is -2.37. The van der Waals surface area contributed by atoms with Gasteiger partial charge in [-0.05, 0) is 66.6 Å². The molecular formula is C26H25BrN2O3S. The standard InChI is InChI=1S/C26H25BrN2O3S/c27-19-6-4-5-18(15-19)26(31)29(20-9-10-20)16-25(30)28-13-11-24-22(12-14-33-24)23(28)17-32-21-7-2-1-3-8-21/h1-8,12,14-15,20,23H,9-11,13,16-17H2. The summed E-state index contributed by atoms with van der Waals surface area (Å²) >= 11 is 5.18. The molecule has 2 aliphatic rings. The third-order valence-corrected chi connectivity index (χ3v) is 7.68. The fraction of sp³-hybridized carbons (Fsp3) is 0.308. The summed E-state index contributed by atoms with van der Waals surface area (Å²) in [5.41, 5.74) is 1.76. The Kier molecular flexibility index (Phi) is 6.51. The van der Waals surface area contributed by atoms with Crippen LogP contribution in [0, 0.1) is 0 Å². The quantitative estimate of drug-likeness (QED) is 0.420. The fourth-order valence-electron chi connectivity index (χ4n) is 4.34. The molecule has 1 fully saturated rings. The van der Waals surface area contributed by atoms with Gasteiger partial charge in [0, 0.05) is 27.5 Å². The van der Waals surface area contributed by atoms with E-state index >= 15 is 0 Å². The Bertz CT molecular complexity index is 1150. The van der Waals surface area contributed by atoms with Gasteiger partial charge in [0.15, 0.2) is 0 Å². The number of carbonyl (C=O) groups excluding carboxylic acids is 2. The van der Waals surface area contributed by atoms with Crippen LogP contribution in [-0.4, -0.2) is 47.4 Å². The van der Waals surface area contributed by atoms with Gasteiger partial charge in [-0.15, -0.1) is 11.3 Å². The molecule has 1 atom stereocenters. The summed E-state index contributed by atoms with van der Waals surface area (Å²) in [6.07, 6.45) is 2.73. The molecule has 0 N–H and O–H groups in total. The number of hydrogen-bond donors (Lipinski definition) is 0. The van der Waals surface area contributed by atoms with Gasteiger partial charge < -0.3 is 14.5 Å². The van der Waals surface area contributed by atoms with Crippen LogP contribution in [0.4, 0.5) is 0 Å². The molecule has 1 aliphatic carbocycles. The van der Waals surface area contributed by atoms with Gasteiger partial charge in [0.2, 0.25) is 5.91 Å². The predicted molar refractivity (Wildman–Crippen MR) is 133 cm³/mol. The summed E-state index contributed by atoms with van der Waals surface area (Å²) in [4.78, 5) is 31.8. The van der Waals surface area contributed by atoms with Crippen LogP contribution < -0.4 is 4.74 Å². The molecule has 0 radical (unpaired) electrons. The van der Waals surface area contributed by atoms with E-state index in [2.05, 4.69) is 27.4 Å². The first-order valence-electron chi connectivity index (χ1n) is 11.2. The molecule has 0 saturated heterocycles. The maximum absolute atomic E-state index is 13.6. The highest BCUT2D eigenvalue weighted by atomic mass is 79.9. The van der Waals surface area contributed by atoms with Crippen molar-refractivity contribution in [3.8, 4) is 5.75 Å². The van der Waals surface area contributed by atoms with Gasteiger partial charge in [-0.2, -0.15) is 0 Å². The summed E-state index contributed by atoms with van der Waals surface area (Å²) in [6.45, 7) is 1.12. The van der Waals surface area contributed by atoms with Crippen LogP contribution in [-0.2, 0) is 11.2 Å². The second-order valence-electron chi connectivity index (χ2n) is 8.45. The van der Waals surface area contributed by atoms with Crippen molar-refractivity contribution >= 4 is 39.1 Å². The molecule has 1 saturated carbocycles. The zero-order chi connectivity index (χ0) is 22.8. The first-order valence-corrected chi connectivity index (χ1v) is 12.9. The SMILES string of the molecule is O=C(c1cccc(Br)c1)N(CC(=O)N1CCc2sccc2C1COc1ccccc1)C1CC1. The summed E-state index contributed by atoms with van der Waals surface area (Å²) in [7, 11) is 0. The van der Waals surface area contributed by atoms with Crippen LogP contribution in [0.25, 0.3) is 0 Å². The number of rotatable bonds is 7. The van der Waals surface area contributed by atoms with E-state index in [9.17, 15) is 9.59 Å². The smallest absolute Gasteiger partial charge is 0.254 e. The van der Waals surface area contributed by atoms with Crippen molar-refractivity contribution in [1.29, 1.82) is 0 Å². The lowest BCUT2D eigenvalue weighted by molar-refractivity contribution is -0.135. The van der Waals surface area contributed by atoms with E-state index in [1.54, 1.807) is 16.2 Å². The number of ether oxygens (including phenoxy) is 1. The van der Waals surface area contributed by atoms with Gasteiger partial charge in [-0.3, -0.25) is 9.59 Å². The molecule has 33 heavy (non-hydrogen) atoms. The average molecular weight is 525 g/mol. The number of thiophene rings is 1. The minimum atomic E-state index is -0.158. The normalized spacial score (nSPS) is 17.4. The Balaban J connectivity index is 1.34. The topological polar surface area (TPSA) is 49.9 Å². The van der Waals surface area contributed by atoms with Gasteiger partial charge in [-0.1, -0.05) is 40.2 Å². The van der Waals surface area contributed by atoms with E-state index in [1.807, 2.05) is 59.5 Å².